The second-order valence-electron chi connectivity index (χ2n) is 13.6. The zero-order valence-electron chi connectivity index (χ0n) is 32.8. The Morgan fingerprint density at radius 1 is 0.436 bits per heavy atom. The lowest BCUT2D eigenvalue weighted by Crippen LogP contribution is -2.08. The van der Waals surface area contributed by atoms with Crippen LogP contribution in [0.25, 0.3) is 0 Å². The van der Waals surface area contributed by atoms with Gasteiger partial charge in [-0.3, -0.25) is 9.98 Å². The van der Waals surface area contributed by atoms with E-state index >= 15 is 0 Å². The number of hydrogen-bond acceptors (Lipinski definition) is 8. The molecule has 4 aromatic rings. The Morgan fingerprint density at radius 2 is 0.782 bits per heavy atom. The van der Waals surface area contributed by atoms with Crippen molar-refractivity contribution in [1.29, 1.82) is 0 Å². The molecule has 0 N–H and O–H groups in total. The Bertz CT molecular complexity index is 1590. The molecular formula is C47H58N2O6. The van der Waals surface area contributed by atoms with E-state index in [1.54, 1.807) is 48.5 Å². The van der Waals surface area contributed by atoms with Gasteiger partial charge in [-0.1, -0.05) is 71.6 Å². The molecule has 8 heteroatoms. The highest BCUT2D eigenvalue weighted by molar-refractivity contribution is 5.92. The van der Waals surface area contributed by atoms with Gasteiger partial charge in [-0.25, -0.2) is 9.59 Å². The van der Waals surface area contributed by atoms with Gasteiger partial charge in [-0.2, -0.15) is 0 Å². The van der Waals surface area contributed by atoms with E-state index in [0.29, 0.717) is 35.8 Å². The number of esters is 2. The Labute approximate surface area is 328 Å². The molecule has 4 aromatic carbocycles. The van der Waals surface area contributed by atoms with Gasteiger partial charge in [-0.05, 0) is 134 Å². The van der Waals surface area contributed by atoms with Crippen molar-refractivity contribution >= 4 is 24.4 Å². The van der Waals surface area contributed by atoms with Crippen molar-refractivity contribution in [2.75, 3.05) is 26.3 Å². The molecule has 0 amide bonds. The summed E-state index contributed by atoms with van der Waals surface area (Å²) in [6.07, 6.45) is 18.4. The predicted octanol–water partition coefficient (Wildman–Crippen LogP) is 11.5. The van der Waals surface area contributed by atoms with Gasteiger partial charge in [0.1, 0.15) is 23.0 Å². The molecule has 0 fully saturated rings. The van der Waals surface area contributed by atoms with Crippen molar-refractivity contribution in [3.8, 4) is 23.0 Å². The van der Waals surface area contributed by atoms with Gasteiger partial charge in [0.05, 0.1) is 24.3 Å². The Morgan fingerprint density at radius 3 is 1.16 bits per heavy atom. The van der Waals surface area contributed by atoms with Gasteiger partial charge in [0, 0.05) is 25.5 Å². The van der Waals surface area contributed by atoms with Crippen LogP contribution in [-0.4, -0.2) is 50.7 Å². The second kappa shape index (κ2) is 25.7. The van der Waals surface area contributed by atoms with Crippen LogP contribution in [0.2, 0.25) is 0 Å². The minimum atomic E-state index is -0.397. The normalized spacial score (nSPS) is 11.2. The average Bonchev–Trinajstić information content (AvgIpc) is 3.21. The van der Waals surface area contributed by atoms with Gasteiger partial charge in [0.15, 0.2) is 0 Å². The summed E-state index contributed by atoms with van der Waals surface area (Å²) in [6.45, 7) is 7.31. The van der Waals surface area contributed by atoms with Crippen molar-refractivity contribution in [1.82, 2.24) is 0 Å². The van der Waals surface area contributed by atoms with Gasteiger partial charge in [0.25, 0.3) is 0 Å². The topological polar surface area (TPSA) is 95.8 Å². The van der Waals surface area contributed by atoms with E-state index in [2.05, 4.69) is 23.8 Å². The van der Waals surface area contributed by atoms with E-state index in [9.17, 15) is 9.59 Å². The summed E-state index contributed by atoms with van der Waals surface area (Å²) in [5, 5.41) is 0. The minimum absolute atomic E-state index is 0.397. The first-order chi connectivity index (χ1) is 27.0. The predicted molar refractivity (Wildman–Crippen MR) is 223 cm³/mol. The number of unbranched alkanes of at least 4 members (excludes halogenated alkanes) is 10. The zero-order valence-corrected chi connectivity index (χ0v) is 32.8. The van der Waals surface area contributed by atoms with Crippen LogP contribution in [0.3, 0.4) is 0 Å². The smallest absolute Gasteiger partial charge is 0.343 e. The Kier molecular flexibility index (Phi) is 19.9. The van der Waals surface area contributed by atoms with Crippen molar-refractivity contribution in [3.05, 3.63) is 119 Å². The number of hydrogen-bond donors (Lipinski definition) is 0. The SMILES string of the molecule is CCCCCCOc1ccc(C(=O)Oc2ccc(C=NCCCCCCCN=Cc3ccc(OC(=O)c4ccc(OCCCCCC)cc4)cc3)cc2)cc1. The van der Waals surface area contributed by atoms with Crippen molar-refractivity contribution in [2.45, 2.75) is 97.3 Å². The number of rotatable bonds is 26. The first-order valence-electron chi connectivity index (χ1n) is 20.1. The van der Waals surface area contributed by atoms with Crippen molar-refractivity contribution < 1.29 is 28.5 Å². The lowest BCUT2D eigenvalue weighted by Gasteiger charge is -2.08. The molecule has 0 atom stereocenters. The first kappa shape index (κ1) is 42.5. The maximum atomic E-state index is 12.6. The summed E-state index contributed by atoms with van der Waals surface area (Å²) >= 11 is 0. The highest BCUT2D eigenvalue weighted by Crippen LogP contribution is 2.19. The highest BCUT2D eigenvalue weighted by Gasteiger charge is 2.10. The minimum Gasteiger partial charge on any atom is -0.494 e. The van der Waals surface area contributed by atoms with Gasteiger partial charge >= 0.3 is 11.9 Å². The highest BCUT2D eigenvalue weighted by atomic mass is 16.5. The van der Waals surface area contributed by atoms with Gasteiger partial charge < -0.3 is 18.9 Å². The summed E-state index contributed by atoms with van der Waals surface area (Å²) in [5.41, 5.74) is 2.90. The summed E-state index contributed by atoms with van der Waals surface area (Å²) in [5.74, 6) is 1.72. The molecule has 0 unspecified atom stereocenters. The molecule has 0 aliphatic heterocycles. The monoisotopic (exact) mass is 746 g/mol. The van der Waals surface area contributed by atoms with Crippen LogP contribution in [0.5, 0.6) is 23.0 Å². The maximum absolute atomic E-state index is 12.6. The largest absolute Gasteiger partial charge is 0.494 e. The van der Waals surface area contributed by atoms with E-state index in [1.807, 2.05) is 61.0 Å². The molecule has 0 aromatic heterocycles. The van der Waals surface area contributed by atoms with E-state index in [0.717, 1.165) is 80.7 Å². The first-order valence-corrected chi connectivity index (χ1v) is 20.1. The summed E-state index contributed by atoms with van der Waals surface area (Å²) in [4.78, 5) is 34.3. The molecule has 0 saturated carbocycles. The third-order valence-electron chi connectivity index (χ3n) is 8.95. The van der Waals surface area contributed by atoms with Gasteiger partial charge in [-0.15, -0.1) is 0 Å². The molecule has 0 heterocycles. The quantitative estimate of drug-likeness (QED) is 0.0275. The van der Waals surface area contributed by atoms with Crippen LogP contribution in [0.15, 0.2) is 107 Å². The second-order valence-corrected chi connectivity index (χ2v) is 13.6. The molecule has 0 saturated heterocycles. The van der Waals surface area contributed by atoms with Crippen molar-refractivity contribution in [3.63, 3.8) is 0 Å². The average molecular weight is 747 g/mol. The van der Waals surface area contributed by atoms with Crippen LogP contribution in [0, 0.1) is 0 Å². The standard InChI is InChI=1S/C47H58N2O6/c1-3-5-7-14-34-52-42-28-20-40(21-29-42)46(50)54-44-24-16-38(17-25-44)36-48-32-12-10-9-11-13-33-49-37-39-18-26-45(27-19-39)55-47(51)41-22-30-43(31-23-41)53-35-15-8-6-4-2/h16-31,36-37H,3-15,32-35H2,1-2H3. The molecular weight excluding hydrogens is 689 g/mol. The lowest BCUT2D eigenvalue weighted by molar-refractivity contribution is 0.0725. The molecule has 8 nitrogen and oxygen atoms in total. The molecule has 0 radical (unpaired) electrons. The van der Waals surface area contributed by atoms with E-state index in [1.165, 1.54) is 38.5 Å². The molecule has 0 bridgehead atoms. The molecule has 292 valence electrons. The fourth-order valence-electron chi connectivity index (χ4n) is 5.66. The molecule has 0 spiro atoms. The van der Waals surface area contributed by atoms with E-state index < -0.39 is 11.9 Å². The van der Waals surface area contributed by atoms with Crippen LogP contribution in [0.4, 0.5) is 0 Å². The Balaban J connectivity index is 1.02. The number of nitrogens with zero attached hydrogens (tertiary/aromatic N) is 2. The molecule has 55 heavy (non-hydrogen) atoms. The van der Waals surface area contributed by atoms with Crippen molar-refractivity contribution in [2.24, 2.45) is 9.98 Å². The fourth-order valence-corrected chi connectivity index (χ4v) is 5.66. The summed E-state index contributed by atoms with van der Waals surface area (Å²) < 4.78 is 22.6. The number of carbonyl (C=O) groups excluding carboxylic acids is 2. The van der Waals surface area contributed by atoms with Crippen LogP contribution >= 0.6 is 0 Å². The fraction of sp³-hybridized carbons (Fsp3) is 0.404. The maximum Gasteiger partial charge on any atom is 0.343 e. The number of benzene rings is 4. The van der Waals surface area contributed by atoms with Crippen LogP contribution in [-0.2, 0) is 0 Å². The van der Waals surface area contributed by atoms with Crippen LogP contribution in [0.1, 0.15) is 129 Å². The number of aliphatic imine (C=N–C) groups is 2. The lowest BCUT2D eigenvalue weighted by atomic mass is 10.1. The van der Waals surface area contributed by atoms with E-state index in [4.69, 9.17) is 18.9 Å². The molecule has 0 aliphatic rings. The Hall–Kier alpha value is -5.24. The number of carbonyl (C=O) groups is 2. The zero-order chi connectivity index (χ0) is 38.8. The summed E-state index contributed by atoms with van der Waals surface area (Å²) in [6, 6.07) is 28.9. The number of ether oxygens (including phenoxy) is 4. The van der Waals surface area contributed by atoms with E-state index in [-0.39, 0.29) is 0 Å². The molecule has 4 rings (SSSR count). The third kappa shape index (κ3) is 17.2. The third-order valence-corrected chi connectivity index (χ3v) is 8.95. The summed E-state index contributed by atoms with van der Waals surface area (Å²) in [7, 11) is 0. The molecule has 0 aliphatic carbocycles. The van der Waals surface area contributed by atoms with Gasteiger partial charge in [0.2, 0.25) is 0 Å². The van der Waals surface area contributed by atoms with Crippen LogP contribution < -0.4 is 18.9 Å².